The Bertz CT molecular complexity index is 2570. The number of nitrogens with one attached hydrogen (secondary N) is 2. The number of benzene rings is 1. The molecule has 5 aromatic rings. The fraction of sp³-hybridized carbons (Fsp3) is 0.553. The van der Waals surface area contributed by atoms with Gasteiger partial charge in [0.15, 0.2) is 17.2 Å². The van der Waals surface area contributed by atoms with E-state index >= 15 is 4.39 Å². The lowest BCUT2D eigenvalue weighted by molar-refractivity contribution is -0.133. The highest BCUT2D eigenvalue weighted by Crippen LogP contribution is 2.48. The molecule has 5 fully saturated rings. The molecule has 19 heteroatoms. The van der Waals surface area contributed by atoms with Crippen molar-refractivity contribution in [3.8, 4) is 22.8 Å². The molecule has 1 unspecified atom stereocenters. The Labute approximate surface area is 382 Å². The first-order valence-corrected chi connectivity index (χ1v) is 23.7. The molecule has 2 saturated carbocycles. The molecular weight excluding hydrogens is 846 g/mol. The number of piperidine rings is 2. The summed E-state index contributed by atoms with van der Waals surface area (Å²) in [5.74, 6) is 1.69. The molecule has 3 aliphatic heterocycles. The third-order valence-electron chi connectivity index (χ3n) is 14.2. The minimum absolute atomic E-state index is 0.0324. The van der Waals surface area contributed by atoms with Crippen molar-refractivity contribution in [2.24, 2.45) is 5.92 Å². The number of rotatable bonds is 12. The van der Waals surface area contributed by atoms with Crippen LogP contribution in [0.4, 0.5) is 26.4 Å². The Balaban J connectivity index is 0.663. The molecule has 0 bridgehead atoms. The van der Waals surface area contributed by atoms with Crippen molar-refractivity contribution in [1.29, 1.82) is 0 Å². The second-order valence-electron chi connectivity index (χ2n) is 18.9. The van der Waals surface area contributed by atoms with Gasteiger partial charge in [-0.15, -0.1) is 0 Å². The van der Waals surface area contributed by atoms with Crippen LogP contribution in [-0.4, -0.2) is 121 Å². The first-order chi connectivity index (χ1) is 32.1. The van der Waals surface area contributed by atoms with Gasteiger partial charge in [0.25, 0.3) is 0 Å². The van der Waals surface area contributed by atoms with E-state index in [0.29, 0.717) is 70.9 Å². The second kappa shape index (κ2) is 18.6. The van der Waals surface area contributed by atoms with Gasteiger partial charge in [-0.05, 0) is 120 Å². The van der Waals surface area contributed by atoms with E-state index in [2.05, 4.69) is 35.6 Å². The number of aromatic nitrogens is 7. The third-order valence-corrected chi connectivity index (χ3v) is 14.2. The van der Waals surface area contributed by atoms with Gasteiger partial charge in [-0.1, -0.05) is 5.16 Å². The predicted molar refractivity (Wildman–Crippen MR) is 244 cm³/mol. The maximum absolute atomic E-state index is 15.2. The molecule has 0 radical (unpaired) electrons. The molecule has 10 rings (SSSR count). The van der Waals surface area contributed by atoms with Gasteiger partial charge >= 0.3 is 6.09 Å². The van der Waals surface area contributed by atoms with Crippen LogP contribution in [0.5, 0.6) is 0 Å². The van der Waals surface area contributed by atoms with Crippen molar-refractivity contribution in [2.45, 2.75) is 114 Å². The molecule has 348 valence electrons. The summed E-state index contributed by atoms with van der Waals surface area (Å²) in [5, 5.41) is 15.4. The first kappa shape index (κ1) is 43.6. The Kier molecular flexibility index (Phi) is 12.3. The Hall–Kier alpha value is -6.24. The highest BCUT2D eigenvalue weighted by Gasteiger charge is 2.37. The number of carbonyl (C=O) groups excluding carboxylic acids is 3. The number of anilines is 3. The zero-order valence-corrected chi connectivity index (χ0v) is 37.6. The number of nitrogens with two attached hydrogens (primary N) is 1. The number of nitrogen functional groups attached to an aromatic ring is 1. The SMILES string of the molecule is CC(C)n1nc(-c2noc(C3CC3)c2-c2ncc(C3CCN(C(=O)OC4CCC(CCN5CCN(c6ccc(NC7CCC(=O)NC7=O)cc6F)CC5)CC4)CC3)cn2)c2c(N)ncnc21. The summed E-state index contributed by atoms with van der Waals surface area (Å²) in [4.78, 5) is 61.8. The first-order valence-electron chi connectivity index (χ1n) is 23.7. The van der Waals surface area contributed by atoms with E-state index in [1.54, 1.807) is 12.1 Å². The average Bonchev–Trinajstić information content (AvgIpc) is 3.95. The zero-order chi connectivity index (χ0) is 45.5. The van der Waals surface area contributed by atoms with E-state index in [1.165, 1.54) is 12.4 Å². The third kappa shape index (κ3) is 9.13. The van der Waals surface area contributed by atoms with Gasteiger partial charge in [-0.25, -0.2) is 33.8 Å². The molecule has 4 N–H and O–H groups in total. The van der Waals surface area contributed by atoms with E-state index in [-0.39, 0.29) is 54.1 Å². The number of hydrogen-bond donors (Lipinski definition) is 3. The summed E-state index contributed by atoms with van der Waals surface area (Å²) in [6.07, 6.45) is 14.2. The number of halogens is 1. The highest BCUT2D eigenvalue weighted by atomic mass is 19.1. The number of hydrogen-bond acceptors (Lipinski definition) is 15. The van der Waals surface area contributed by atoms with Crippen molar-refractivity contribution >= 4 is 46.1 Å². The maximum atomic E-state index is 15.2. The Morgan fingerprint density at radius 1 is 0.924 bits per heavy atom. The van der Waals surface area contributed by atoms with E-state index in [9.17, 15) is 14.4 Å². The lowest BCUT2D eigenvalue weighted by Gasteiger charge is -2.37. The quantitative estimate of drug-likeness (QED) is 0.115. The van der Waals surface area contributed by atoms with Crippen LogP contribution in [0.15, 0.2) is 41.4 Å². The standard InChI is InChI=1S/C47H58FN13O5/c1-27(2)61-45-39(43(49)52-26-53-45)40(56-61)41-38(42(66-57-41)30-5-6-30)44-50-24-31(25-51-44)29-14-17-60(18-15-29)47(64)65-33-8-3-28(4-9-33)13-16-58-19-21-59(22-20-58)36-11-7-32(23-34(36)48)54-35-10-12-37(62)55-46(35)63/h7,11,23-30,33,35,54H,3-6,8-10,12-22H2,1-2H3,(H2,49,52,53)(H,55,62,63). The molecule has 18 nitrogen and oxygen atoms in total. The summed E-state index contributed by atoms with van der Waals surface area (Å²) in [6, 6.07) is 4.47. The van der Waals surface area contributed by atoms with Crippen molar-refractivity contribution in [3.63, 3.8) is 0 Å². The summed E-state index contributed by atoms with van der Waals surface area (Å²) < 4.78 is 29.1. The fourth-order valence-electron chi connectivity index (χ4n) is 10.1. The average molecular weight is 904 g/mol. The van der Waals surface area contributed by atoms with Gasteiger partial charge in [0.1, 0.15) is 41.5 Å². The van der Waals surface area contributed by atoms with Gasteiger partial charge in [0.05, 0.1) is 16.6 Å². The number of fused-ring (bicyclic) bond motifs is 1. The van der Waals surface area contributed by atoms with Gasteiger partial charge in [0.2, 0.25) is 11.8 Å². The summed E-state index contributed by atoms with van der Waals surface area (Å²) in [7, 11) is 0. The number of nitrogens with zero attached hydrogens (tertiary/aromatic N) is 10. The maximum Gasteiger partial charge on any atom is 0.410 e. The van der Waals surface area contributed by atoms with Crippen LogP contribution in [0.25, 0.3) is 33.8 Å². The summed E-state index contributed by atoms with van der Waals surface area (Å²) >= 11 is 0. The molecule has 0 spiro atoms. The smallest absolute Gasteiger partial charge is 0.410 e. The van der Waals surface area contributed by atoms with Crippen LogP contribution in [0.3, 0.4) is 0 Å². The molecule has 5 aliphatic rings. The van der Waals surface area contributed by atoms with E-state index in [1.807, 2.05) is 35.8 Å². The van der Waals surface area contributed by atoms with Gasteiger partial charge in [-0.3, -0.25) is 19.8 Å². The van der Waals surface area contributed by atoms with E-state index in [0.717, 1.165) is 107 Å². The predicted octanol–water partition coefficient (Wildman–Crippen LogP) is 6.42. The molecule has 3 saturated heterocycles. The van der Waals surface area contributed by atoms with Gasteiger partial charge in [-0.2, -0.15) is 5.10 Å². The minimum Gasteiger partial charge on any atom is -0.446 e. The van der Waals surface area contributed by atoms with Crippen LogP contribution >= 0.6 is 0 Å². The van der Waals surface area contributed by atoms with Crippen molar-refractivity contribution in [1.82, 2.24) is 50.0 Å². The van der Waals surface area contributed by atoms with Gasteiger partial charge < -0.3 is 30.1 Å². The molecule has 1 aromatic carbocycles. The molecule has 1 atom stereocenters. The lowest BCUT2D eigenvalue weighted by Crippen LogP contribution is -2.47. The fourth-order valence-corrected chi connectivity index (χ4v) is 10.1. The Morgan fingerprint density at radius 3 is 2.38 bits per heavy atom. The number of likely N-dealkylation sites (tertiary alicyclic amines) is 1. The van der Waals surface area contributed by atoms with Crippen LogP contribution < -0.4 is 21.3 Å². The van der Waals surface area contributed by atoms with Crippen LogP contribution in [0.1, 0.15) is 114 Å². The topological polar surface area (TPSA) is 216 Å². The van der Waals surface area contributed by atoms with Crippen molar-refractivity contribution in [2.75, 3.05) is 61.8 Å². The molecule has 66 heavy (non-hydrogen) atoms. The van der Waals surface area contributed by atoms with Crippen LogP contribution in [-0.2, 0) is 14.3 Å². The van der Waals surface area contributed by atoms with Crippen molar-refractivity contribution < 1.29 is 28.0 Å². The summed E-state index contributed by atoms with van der Waals surface area (Å²) in [6.45, 7) is 9.50. The normalized spacial score (nSPS) is 22.3. The number of amides is 3. The van der Waals surface area contributed by atoms with Crippen molar-refractivity contribution in [3.05, 3.63) is 54.1 Å². The molecule has 7 heterocycles. The summed E-state index contributed by atoms with van der Waals surface area (Å²) in [5.41, 5.74) is 10.9. The largest absolute Gasteiger partial charge is 0.446 e. The number of ether oxygens (including phenoxy) is 1. The second-order valence-corrected chi connectivity index (χ2v) is 18.9. The highest BCUT2D eigenvalue weighted by molar-refractivity contribution is 6.02. The number of imide groups is 1. The van der Waals surface area contributed by atoms with Crippen LogP contribution in [0, 0.1) is 11.7 Å². The molecule has 3 amide bonds. The lowest BCUT2D eigenvalue weighted by atomic mass is 9.85. The minimum atomic E-state index is -0.553. The monoisotopic (exact) mass is 903 g/mol. The molecule has 2 aliphatic carbocycles. The number of carbonyl (C=O) groups is 3. The van der Waals surface area contributed by atoms with Crippen LogP contribution in [0.2, 0.25) is 0 Å². The Morgan fingerprint density at radius 2 is 1.68 bits per heavy atom. The molecule has 4 aromatic heterocycles. The number of piperazine rings is 1. The van der Waals surface area contributed by atoms with Gasteiger partial charge in [0, 0.05) is 75.7 Å². The van der Waals surface area contributed by atoms with E-state index < -0.39 is 6.04 Å². The van der Waals surface area contributed by atoms with E-state index in [4.69, 9.17) is 30.1 Å². The zero-order valence-electron chi connectivity index (χ0n) is 37.6. The molecular formula is C47H58FN13O5.